The lowest BCUT2D eigenvalue weighted by Gasteiger charge is -2.39. The van der Waals surface area contributed by atoms with Crippen LogP contribution in [-0.2, 0) is 11.3 Å². The Bertz CT molecular complexity index is 717. The van der Waals surface area contributed by atoms with Gasteiger partial charge in [0, 0.05) is 67.9 Å². The van der Waals surface area contributed by atoms with Crippen molar-refractivity contribution in [3.63, 3.8) is 0 Å². The number of nitrogens with one attached hydrogen (secondary N) is 1. The zero-order valence-electron chi connectivity index (χ0n) is 15.2. The maximum Gasteiger partial charge on any atom is 0.124 e. The molecule has 2 saturated heterocycles. The molecular weight excluding hydrogens is 350 g/mol. The first-order valence-electron chi connectivity index (χ1n) is 9.24. The lowest BCUT2D eigenvalue weighted by molar-refractivity contribution is 0.0862. The molecule has 2 aliphatic heterocycles. The number of likely N-dealkylation sites (N-methyl/N-ethyl adjacent to an activating group) is 1. The minimum atomic E-state index is 0.285. The summed E-state index contributed by atoms with van der Waals surface area (Å²) in [5.74, 6) is 1.03. The summed E-state index contributed by atoms with van der Waals surface area (Å²) >= 11 is 6.62. The molecule has 1 aromatic heterocycles. The lowest BCUT2D eigenvalue weighted by atomic mass is 10.1. The molecule has 26 heavy (non-hydrogen) atoms. The Morgan fingerprint density at radius 3 is 2.85 bits per heavy atom. The zero-order chi connectivity index (χ0) is 17.9. The van der Waals surface area contributed by atoms with Crippen molar-refractivity contribution in [1.29, 1.82) is 0 Å². The molecule has 2 fully saturated rings. The second kappa shape index (κ2) is 7.96. The Labute approximate surface area is 159 Å². The summed E-state index contributed by atoms with van der Waals surface area (Å²) in [6, 6.07) is 6.52. The lowest BCUT2D eigenvalue weighted by Crippen LogP contribution is -2.46. The molecule has 0 spiro atoms. The third-order valence-corrected chi connectivity index (χ3v) is 5.75. The van der Waals surface area contributed by atoms with Gasteiger partial charge in [-0.1, -0.05) is 17.7 Å². The topological polar surface area (TPSA) is 47.6 Å². The first-order valence-corrected chi connectivity index (χ1v) is 9.62. The summed E-state index contributed by atoms with van der Waals surface area (Å²) < 4.78 is 5.51. The van der Waals surface area contributed by atoms with Gasteiger partial charge in [0.1, 0.15) is 5.82 Å². The number of nitrogens with zero attached hydrogens (tertiary/aromatic N) is 4. The summed E-state index contributed by atoms with van der Waals surface area (Å²) in [5.41, 5.74) is 2.47. The highest BCUT2D eigenvalue weighted by molar-refractivity contribution is 6.31. The smallest absolute Gasteiger partial charge is 0.124 e. The molecule has 2 aliphatic rings. The number of piperazine rings is 1. The van der Waals surface area contributed by atoms with Crippen LogP contribution in [0.5, 0.6) is 0 Å². The zero-order valence-corrected chi connectivity index (χ0v) is 16.0. The molecule has 1 atom stereocenters. The molecule has 1 aromatic carbocycles. The molecule has 1 unspecified atom stereocenters. The summed E-state index contributed by atoms with van der Waals surface area (Å²) in [7, 11) is 2.17. The molecule has 2 aromatic rings. The van der Waals surface area contributed by atoms with Gasteiger partial charge in [0.2, 0.25) is 0 Å². The second-order valence-corrected chi connectivity index (χ2v) is 7.45. The van der Waals surface area contributed by atoms with Crippen molar-refractivity contribution >= 4 is 17.3 Å². The number of aromatic amines is 1. The van der Waals surface area contributed by atoms with Crippen molar-refractivity contribution in [2.75, 3.05) is 57.9 Å². The van der Waals surface area contributed by atoms with E-state index in [2.05, 4.69) is 37.8 Å². The van der Waals surface area contributed by atoms with Gasteiger partial charge in [-0.2, -0.15) is 0 Å². The Morgan fingerprint density at radius 2 is 2.08 bits per heavy atom. The molecule has 0 aliphatic carbocycles. The minimum absolute atomic E-state index is 0.285. The van der Waals surface area contributed by atoms with E-state index in [9.17, 15) is 0 Å². The van der Waals surface area contributed by atoms with Crippen LogP contribution in [0.4, 0.5) is 5.69 Å². The molecule has 0 radical (unpaired) electrons. The van der Waals surface area contributed by atoms with Gasteiger partial charge in [-0.3, -0.25) is 9.80 Å². The van der Waals surface area contributed by atoms with Crippen LogP contribution in [0.15, 0.2) is 30.6 Å². The van der Waals surface area contributed by atoms with E-state index < -0.39 is 0 Å². The third-order valence-electron chi connectivity index (χ3n) is 5.39. The fraction of sp³-hybridized carbons (Fsp3) is 0.526. The fourth-order valence-corrected chi connectivity index (χ4v) is 4.09. The number of rotatable bonds is 4. The highest BCUT2D eigenvalue weighted by atomic mass is 35.5. The molecule has 3 heterocycles. The van der Waals surface area contributed by atoms with Crippen molar-refractivity contribution < 1.29 is 4.74 Å². The van der Waals surface area contributed by atoms with Crippen LogP contribution in [0.3, 0.4) is 0 Å². The van der Waals surface area contributed by atoms with Gasteiger partial charge in [0.25, 0.3) is 0 Å². The van der Waals surface area contributed by atoms with Crippen LogP contribution in [0, 0.1) is 0 Å². The number of H-pyrrole nitrogens is 1. The SMILES string of the molecule is CN1CCN(Cc2c(Cl)cccc2N2CCOCC2)CC1c1ncc[nH]1. The van der Waals surface area contributed by atoms with Gasteiger partial charge >= 0.3 is 0 Å². The minimum Gasteiger partial charge on any atom is -0.378 e. The number of aromatic nitrogens is 2. The summed E-state index contributed by atoms with van der Waals surface area (Å²) in [6.45, 7) is 7.25. The Morgan fingerprint density at radius 1 is 1.23 bits per heavy atom. The van der Waals surface area contributed by atoms with Crippen molar-refractivity contribution in [3.8, 4) is 0 Å². The van der Waals surface area contributed by atoms with Crippen molar-refractivity contribution in [3.05, 3.63) is 47.0 Å². The molecule has 0 amide bonds. The molecule has 4 rings (SSSR count). The van der Waals surface area contributed by atoms with Crippen LogP contribution in [-0.4, -0.2) is 72.8 Å². The van der Waals surface area contributed by atoms with Crippen molar-refractivity contribution in [2.45, 2.75) is 12.6 Å². The van der Waals surface area contributed by atoms with E-state index in [0.29, 0.717) is 0 Å². The van der Waals surface area contributed by atoms with Crippen LogP contribution in [0.2, 0.25) is 5.02 Å². The van der Waals surface area contributed by atoms with Gasteiger partial charge in [-0.15, -0.1) is 0 Å². The van der Waals surface area contributed by atoms with Gasteiger partial charge in [-0.25, -0.2) is 4.98 Å². The molecule has 7 heteroatoms. The van der Waals surface area contributed by atoms with Crippen molar-refractivity contribution in [2.24, 2.45) is 0 Å². The van der Waals surface area contributed by atoms with Crippen LogP contribution >= 0.6 is 11.6 Å². The van der Waals surface area contributed by atoms with E-state index in [0.717, 1.165) is 63.3 Å². The standard InChI is InChI=1S/C19H26ClN5O/c1-23-7-8-24(14-18(23)19-21-5-6-22-19)13-15-16(20)3-2-4-17(15)25-9-11-26-12-10-25/h2-6,18H,7-14H2,1H3,(H,21,22). The number of imidazole rings is 1. The van der Waals surface area contributed by atoms with E-state index in [1.54, 1.807) is 0 Å². The molecular formula is C19H26ClN5O. The van der Waals surface area contributed by atoms with E-state index in [1.165, 1.54) is 11.3 Å². The molecule has 1 N–H and O–H groups in total. The maximum atomic E-state index is 6.62. The van der Waals surface area contributed by atoms with Crippen LogP contribution < -0.4 is 4.90 Å². The third kappa shape index (κ3) is 3.74. The van der Waals surface area contributed by atoms with Gasteiger partial charge in [-0.05, 0) is 19.2 Å². The number of benzene rings is 1. The van der Waals surface area contributed by atoms with E-state index in [1.807, 2.05) is 24.5 Å². The summed E-state index contributed by atoms with van der Waals surface area (Å²) in [5, 5.41) is 0.850. The highest BCUT2D eigenvalue weighted by Crippen LogP contribution is 2.31. The number of morpholine rings is 1. The quantitative estimate of drug-likeness (QED) is 0.889. The largest absolute Gasteiger partial charge is 0.378 e. The fourth-order valence-electron chi connectivity index (χ4n) is 3.86. The average Bonchev–Trinajstić information content (AvgIpc) is 3.20. The summed E-state index contributed by atoms with van der Waals surface area (Å²) in [4.78, 5) is 15.0. The Balaban J connectivity index is 1.53. The van der Waals surface area contributed by atoms with E-state index in [4.69, 9.17) is 16.3 Å². The van der Waals surface area contributed by atoms with E-state index >= 15 is 0 Å². The number of ether oxygens (including phenoxy) is 1. The number of hydrogen-bond donors (Lipinski definition) is 1. The van der Waals surface area contributed by atoms with Gasteiger partial charge in [0.15, 0.2) is 0 Å². The first-order chi connectivity index (χ1) is 12.7. The number of anilines is 1. The van der Waals surface area contributed by atoms with Crippen LogP contribution in [0.25, 0.3) is 0 Å². The molecule has 0 bridgehead atoms. The van der Waals surface area contributed by atoms with E-state index in [-0.39, 0.29) is 6.04 Å². The Kier molecular flexibility index (Phi) is 5.45. The summed E-state index contributed by atoms with van der Waals surface area (Å²) in [6.07, 6.45) is 3.72. The van der Waals surface area contributed by atoms with Gasteiger partial charge < -0.3 is 14.6 Å². The molecule has 6 nitrogen and oxygen atoms in total. The number of halogens is 1. The van der Waals surface area contributed by atoms with Gasteiger partial charge in [0.05, 0.1) is 19.3 Å². The molecule has 0 saturated carbocycles. The van der Waals surface area contributed by atoms with Crippen LogP contribution in [0.1, 0.15) is 17.4 Å². The monoisotopic (exact) mass is 375 g/mol. The first kappa shape index (κ1) is 17.8. The highest BCUT2D eigenvalue weighted by Gasteiger charge is 2.28. The molecule has 140 valence electrons. The second-order valence-electron chi connectivity index (χ2n) is 7.04. The van der Waals surface area contributed by atoms with Crippen molar-refractivity contribution in [1.82, 2.24) is 19.8 Å². The normalized spacial score (nSPS) is 22.7. The maximum absolute atomic E-state index is 6.62. The predicted molar refractivity (Wildman–Crippen MR) is 104 cm³/mol. The number of hydrogen-bond acceptors (Lipinski definition) is 5. The predicted octanol–water partition coefficient (Wildman–Crippen LogP) is 2.39. The Hall–Kier alpha value is -1.60. The average molecular weight is 376 g/mol.